The van der Waals surface area contributed by atoms with Gasteiger partial charge in [0.15, 0.2) is 0 Å². The first-order valence-electron chi connectivity index (χ1n) is 8.95. The Morgan fingerprint density at radius 3 is 1.96 bits per heavy atom. The van der Waals surface area contributed by atoms with E-state index in [0.717, 1.165) is 27.8 Å². The standard InChI is InChI=1S/C24H19NO2/c1-26-19-15-20(27-2)22-21(16-9-5-3-6-10-16)23(17-11-7-4-8-12-17)25-14-13-18(19)24(22)25/h3-15H,1-2H3. The molecule has 5 aromatic rings. The zero-order valence-corrected chi connectivity index (χ0v) is 15.3. The highest BCUT2D eigenvalue weighted by atomic mass is 16.5. The van der Waals surface area contributed by atoms with Gasteiger partial charge in [-0.25, -0.2) is 0 Å². The summed E-state index contributed by atoms with van der Waals surface area (Å²) in [6.45, 7) is 0. The van der Waals surface area contributed by atoms with Crippen molar-refractivity contribution in [2.24, 2.45) is 0 Å². The van der Waals surface area contributed by atoms with Crippen LogP contribution in [0.2, 0.25) is 0 Å². The third kappa shape index (κ3) is 2.21. The van der Waals surface area contributed by atoms with Gasteiger partial charge in [0.25, 0.3) is 0 Å². The number of methoxy groups -OCH3 is 2. The quantitative estimate of drug-likeness (QED) is 0.402. The van der Waals surface area contributed by atoms with Gasteiger partial charge in [0.1, 0.15) is 11.5 Å². The van der Waals surface area contributed by atoms with Gasteiger partial charge >= 0.3 is 0 Å². The van der Waals surface area contributed by atoms with Crippen LogP contribution in [0.25, 0.3) is 38.7 Å². The number of aromatic nitrogens is 1. The second kappa shape index (κ2) is 6.06. The Hall–Kier alpha value is -3.46. The summed E-state index contributed by atoms with van der Waals surface area (Å²) in [5.74, 6) is 1.65. The lowest BCUT2D eigenvalue weighted by atomic mass is 9.97. The molecule has 0 bridgehead atoms. The van der Waals surface area contributed by atoms with Gasteiger partial charge in [0, 0.05) is 23.2 Å². The Morgan fingerprint density at radius 2 is 1.33 bits per heavy atom. The van der Waals surface area contributed by atoms with E-state index in [1.807, 2.05) is 18.2 Å². The highest BCUT2D eigenvalue weighted by molar-refractivity contribution is 6.15. The lowest BCUT2D eigenvalue weighted by molar-refractivity contribution is 0.401. The summed E-state index contributed by atoms with van der Waals surface area (Å²) in [5.41, 5.74) is 5.82. The Kier molecular flexibility index (Phi) is 3.54. The zero-order valence-electron chi connectivity index (χ0n) is 15.3. The van der Waals surface area contributed by atoms with Gasteiger partial charge in [0.2, 0.25) is 0 Å². The van der Waals surface area contributed by atoms with Crippen molar-refractivity contribution in [2.45, 2.75) is 0 Å². The van der Waals surface area contributed by atoms with Gasteiger partial charge in [-0.2, -0.15) is 0 Å². The lowest BCUT2D eigenvalue weighted by Crippen LogP contribution is -1.89. The van der Waals surface area contributed by atoms with Crippen molar-refractivity contribution >= 4 is 16.3 Å². The molecule has 2 aromatic heterocycles. The lowest BCUT2D eigenvalue weighted by Gasteiger charge is -2.10. The normalized spacial score (nSPS) is 11.3. The summed E-state index contributed by atoms with van der Waals surface area (Å²) < 4.78 is 13.7. The molecule has 132 valence electrons. The largest absolute Gasteiger partial charge is 0.496 e. The van der Waals surface area contributed by atoms with E-state index in [0.29, 0.717) is 0 Å². The molecule has 0 aliphatic carbocycles. The fraction of sp³-hybridized carbons (Fsp3) is 0.0833. The van der Waals surface area contributed by atoms with E-state index in [-0.39, 0.29) is 0 Å². The van der Waals surface area contributed by atoms with Gasteiger partial charge in [0.05, 0.1) is 30.8 Å². The van der Waals surface area contributed by atoms with E-state index >= 15 is 0 Å². The fourth-order valence-electron chi connectivity index (χ4n) is 4.03. The monoisotopic (exact) mass is 353 g/mol. The van der Waals surface area contributed by atoms with E-state index in [1.165, 1.54) is 22.4 Å². The average Bonchev–Trinajstić information content (AvgIpc) is 3.31. The molecule has 0 N–H and O–H groups in total. The van der Waals surface area contributed by atoms with E-state index in [4.69, 9.17) is 9.47 Å². The summed E-state index contributed by atoms with van der Waals surface area (Å²) >= 11 is 0. The summed E-state index contributed by atoms with van der Waals surface area (Å²) in [5, 5.41) is 2.20. The van der Waals surface area contributed by atoms with Crippen molar-refractivity contribution in [3.8, 4) is 33.9 Å². The van der Waals surface area contributed by atoms with Crippen LogP contribution in [0.5, 0.6) is 11.5 Å². The minimum atomic E-state index is 0.823. The van der Waals surface area contributed by atoms with Crippen molar-refractivity contribution < 1.29 is 9.47 Å². The molecule has 0 saturated carbocycles. The van der Waals surface area contributed by atoms with Crippen molar-refractivity contribution in [3.63, 3.8) is 0 Å². The van der Waals surface area contributed by atoms with Crippen LogP contribution in [0.15, 0.2) is 79.0 Å². The van der Waals surface area contributed by atoms with Gasteiger partial charge < -0.3 is 13.9 Å². The zero-order chi connectivity index (χ0) is 18.4. The minimum Gasteiger partial charge on any atom is -0.496 e. The molecule has 2 heterocycles. The van der Waals surface area contributed by atoms with Crippen LogP contribution in [0.3, 0.4) is 0 Å². The Bertz CT molecular complexity index is 1220. The fourth-order valence-corrected chi connectivity index (χ4v) is 4.03. The van der Waals surface area contributed by atoms with Crippen LogP contribution in [0.1, 0.15) is 0 Å². The molecule has 0 radical (unpaired) electrons. The summed E-state index contributed by atoms with van der Waals surface area (Å²) in [6, 6.07) is 25.1. The molecule has 0 unspecified atom stereocenters. The van der Waals surface area contributed by atoms with Crippen LogP contribution < -0.4 is 9.47 Å². The number of rotatable bonds is 4. The van der Waals surface area contributed by atoms with Crippen molar-refractivity contribution in [1.29, 1.82) is 0 Å². The number of ether oxygens (including phenoxy) is 2. The van der Waals surface area contributed by atoms with Crippen LogP contribution in [-0.4, -0.2) is 18.6 Å². The van der Waals surface area contributed by atoms with E-state index in [2.05, 4.69) is 65.2 Å². The number of hydrogen-bond acceptors (Lipinski definition) is 2. The topological polar surface area (TPSA) is 22.9 Å². The van der Waals surface area contributed by atoms with E-state index in [9.17, 15) is 0 Å². The first-order valence-corrected chi connectivity index (χ1v) is 8.95. The van der Waals surface area contributed by atoms with Gasteiger partial charge in [-0.05, 0) is 17.2 Å². The molecular weight excluding hydrogens is 334 g/mol. The van der Waals surface area contributed by atoms with Gasteiger partial charge in [-0.15, -0.1) is 0 Å². The molecule has 0 amide bonds. The Labute approximate surface area is 157 Å². The average molecular weight is 353 g/mol. The predicted molar refractivity (Wildman–Crippen MR) is 110 cm³/mol. The maximum atomic E-state index is 5.80. The molecule has 0 atom stereocenters. The minimum absolute atomic E-state index is 0.823. The van der Waals surface area contributed by atoms with Crippen LogP contribution in [0.4, 0.5) is 0 Å². The first-order chi connectivity index (χ1) is 13.3. The molecule has 3 aromatic carbocycles. The number of hydrogen-bond donors (Lipinski definition) is 0. The molecular formula is C24H19NO2. The molecule has 3 nitrogen and oxygen atoms in total. The second-order valence-corrected chi connectivity index (χ2v) is 6.56. The third-order valence-corrected chi connectivity index (χ3v) is 5.17. The highest BCUT2D eigenvalue weighted by Gasteiger charge is 2.25. The molecule has 0 spiro atoms. The van der Waals surface area contributed by atoms with Crippen LogP contribution in [0, 0.1) is 0 Å². The summed E-state index contributed by atoms with van der Waals surface area (Å²) in [6.07, 6.45) is 2.12. The second-order valence-electron chi connectivity index (χ2n) is 6.56. The van der Waals surface area contributed by atoms with Crippen LogP contribution in [-0.2, 0) is 0 Å². The molecule has 0 fully saturated rings. The molecule has 0 saturated heterocycles. The van der Waals surface area contributed by atoms with Crippen LogP contribution >= 0.6 is 0 Å². The Morgan fingerprint density at radius 1 is 0.704 bits per heavy atom. The van der Waals surface area contributed by atoms with Gasteiger partial charge in [-0.3, -0.25) is 0 Å². The van der Waals surface area contributed by atoms with Crippen molar-refractivity contribution in [3.05, 3.63) is 79.0 Å². The highest BCUT2D eigenvalue weighted by Crippen LogP contribution is 2.48. The smallest absolute Gasteiger partial charge is 0.132 e. The van der Waals surface area contributed by atoms with Crippen molar-refractivity contribution in [1.82, 2.24) is 4.40 Å². The molecule has 0 aliphatic heterocycles. The van der Waals surface area contributed by atoms with Crippen molar-refractivity contribution in [2.75, 3.05) is 14.2 Å². The number of benzene rings is 3. The summed E-state index contributed by atoms with van der Waals surface area (Å²) in [7, 11) is 3.42. The molecule has 27 heavy (non-hydrogen) atoms. The van der Waals surface area contributed by atoms with E-state index < -0.39 is 0 Å². The van der Waals surface area contributed by atoms with E-state index in [1.54, 1.807) is 14.2 Å². The SMILES string of the molecule is COc1cc(OC)c2c(-c3ccccc3)c(-c3ccccc3)n3ccc1c23. The molecule has 5 rings (SSSR count). The number of nitrogens with zero attached hydrogens (tertiary/aromatic N) is 1. The third-order valence-electron chi connectivity index (χ3n) is 5.17. The molecule has 3 heteroatoms. The maximum absolute atomic E-state index is 5.80. The van der Waals surface area contributed by atoms with Gasteiger partial charge in [-0.1, -0.05) is 60.7 Å². The summed E-state index contributed by atoms with van der Waals surface area (Å²) in [4.78, 5) is 0. The predicted octanol–water partition coefficient (Wildman–Crippen LogP) is 5.88. The Balaban J connectivity index is 2.02. The maximum Gasteiger partial charge on any atom is 0.132 e. The molecule has 0 aliphatic rings. The first kappa shape index (κ1) is 15.8.